The van der Waals surface area contributed by atoms with Crippen LogP contribution in [0.3, 0.4) is 0 Å². The van der Waals surface area contributed by atoms with E-state index in [1.807, 2.05) is 37.8 Å². The van der Waals surface area contributed by atoms with Crippen molar-refractivity contribution in [3.05, 3.63) is 77.6 Å². The first-order chi connectivity index (χ1) is 13.2. The van der Waals surface area contributed by atoms with Gasteiger partial charge < -0.3 is 10.4 Å². The van der Waals surface area contributed by atoms with Crippen molar-refractivity contribution in [2.45, 2.75) is 13.1 Å². The highest BCUT2D eigenvalue weighted by atomic mass is 32.1. The highest BCUT2D eigenvalue weighted by molar-refractivity contribution is 7.15. The Kier molecular flexibility index (Phi) is 5.00. The number of hydrogen-bond acceptors (Lipinski definition) is 5. The first-order valence-electron chi connectivity index (χ1n) is 8.70. The molecule has 0 bridgehead atoms. The van der Waals surface area contributed by atoms with Crippen LogP contribution < -0.4 is 5.32 Å². The number of phenols is 1. The number of benzene rings is 2. The normalized spacial score (nSPS) is 11.0. The maximum Gasteiger partial charge on any atom is 0.126 e. The summed E-state index contributed by atoms with van der Waals surface area (Å²) in [4.78, 5) is 5.69. The van der Waals surface area contributed by atoms with Crippen LogP contribution in [-0.2, 0) is 20.1 Å². The second kappa shape index (κ2) is 7.73. The zero-order chi connectivity index (χ0) is 18.6. The molecular formula is C21H20N4OS. The second-order valence-electron chi connectivity index (χ2n) is 6.38. The third-order valence-corrected chi connectivity index (χ3v) is 5.33. The molecule has 136 valence electrons. The van der Waals surface area contributed by atoms with Crippen LogP contribution in [0.2, 0.25) is 0 Å². The summed E-state index contributed by atoms with van der Waals surface area (Å²) in [6.07, 6.45) is 5.74. The highest BCUT2D eigenvalue weighted by Gasteiger charge is 2.06. The lowest BCUT2D eigenvalue weighted by molar-refractivity contribution is 0.475. The van der Waals surface area contributed by atoms with Gasteiger partial charge in [0.25, 0.3) is 0 Å². The van der Waals surface area contributed by atoms with Gasteiger partial charge in [0.15, 0.2) is 0 Å². The molecule has 0 aliphatic carbocycles. The lowest BCUT2D eigenvalue weighted by atomic mass is 10.0. The summed E-state index contributed by atoms with van der Waals surface area (Å²) in [5.74, 6) is 0.286. The van der Waals surface area contributed by atoms with Gasteiger partial charge >= 0.3 is 0 Å². The van der Waals surface area contributed by atoms with E-state index >= 15 is 0 Å². The summed E-state index contributed by atoms with van der Waals surface area (Å²) in [5.41, 5.74) is 4.52. The molecule has 0 saturated carbocycles. The molecule has 6 heteroatoms. The summed E-state index contributed by atoms with van der Waals surface area (Å²) < 4.78 is 1.79. The Hall–Kier alpha value is -2.96. The van der Waals surface area contributed by atoms with Gasteiger partial charge in [-0.3, -0.25) is 4.68 Å². The van der Waals surface area contributed by atoms with Crippen molar-refractivity contribution >= 4 is 11.3 Å². The number of thiazole rings is 1. The van der Waals surface area contributed by atoms with Crippen molar-refractivity contribution in [3.8, 4) is 27.4 Å². The fourth-order valence-electron chi connectivity index (χ4n) is 2.85. The van der Waals surface area contributed by atoms with Gasteiger partial charge in [-0.25, -0.2) is 4.98 Å². The third kappa shape index (κ3) is 4.24. The molecule has 0 aliphatic rings. The minimum atomic E-state index is 0.286. The molecule has 0 atom stereocenters. The molecule has 2 aromatic heterocycles. The summed E-state index contributed by atoms with van der Waals surface area (Å²) in [7, 11) is 1.91. The number of nitrogens with one attached hydrogen (secondary N) is 1. The Balaban J connectivity index is 1.33. The van der Waals surface area contributed by atoms with Crippen molar-refractivity contribution in [3.63, 3.8) is 0 Å². The molecule has 0 saturated heterocycles. The van der Waals surface area contributed by atoms with Crippen LogP contribution in [0.4, 0.5) is 0 Å². The summed E-state index contributed by atoms with van der Waals surface area (Å²) >= 11 is 1.69. The first kappa shape index (κ1) is 17.5. The monoisotopic (exact) mass is 376 g/mol. The third-order valence-electron chi connectivity index (χ3n) is 4.29. The Morgan fingerprint density at radius 2 is 1.63 bits per heavy atom. The van der Waals surface area contributed by atoms with Gasteiger partial charge in [-0.15, -0.1) is 11.3 Å². The van der Waals surface area contributed by atoms with E-state index in [-0.39, 0.29) is 5.75 Å². The van der Waals surface area contributed by atoms with E-state index in [0.29, 0.717) is 0 Å². The number of rotatable bonds is 6. The van der Waals surface area contributed by atoms with Crippen LogP contribution in [0, 0.1) is 0 Å². The highest BCUT2D eigenvalue weighted by Crippen LogP contribution is 2.25. The van der Waals surface area contributed by atoms with Gasteiger partial charge in [0.1, 0.15) is 10.8 Å². The molecular weight excluding hydrogens is 356 g/mol. The molecule has 0 radical (unpaired) electrons. The SMILES string of the molecule is Cn1cc(-c2ncc(CNCc3ccc(-c4ccc(O)cc4)cc3)s2)cn1. The van der Waals surface area contributed by atoms with Gasteiger partial charge in [-0.2, -0.15) is 5.10 Å². The molecule has 4 rings (SSSR count). The number of nitrogens with zero attached hydrogens (tertiary/aromatic N) is 3. The molecule has 5 nitrogen and oxygen atoms in total. The van der Waals surface area contributed by atoms with Crippen molar-refractivity contribution in [1.82, 2.24) is 20.1 Å². The van der Waals surface area contributed by atoms with Gasteiger partial charge in [-0.05, 0) is 28.8 Å². The van der Waals surface area contributed by atoms with Gasteiger partial charge in [-0.1, -0.05) is 36.4 Å². The van der Waals surface area contributed by atoms with E-state index in [9.17, 15) is 5.11 Å². The zero-order valence-corrected chi connectivity index (χ0v) is 15.8. The lowest BCUT2D eigenvalue weighted by Gasteiger charge is -2.06. The fraction of sp³-hybridized carbons (Fsp3) is 0.143. The summed E-state index contributed by atoms with van der Waals surface area (Å²) in [5, 5.41) is 18.1. The van der Waals surface area contributed by atoms with Gasteiger partial charge in [0, 0.05) is 43.0 Å². The van der Waals surface area contributed by atoms with Crippen LogP contribution in [0.5, 0.6) is 5.75 Å². The largest absolute Gasteiger partial charge is 0.508 e. The number of aromatic hydroxyl groups is 1. The van der Waals surface area contributed by atoms with Crippen molar-refractivity contribution < 1.29 is 5.11 Å². The Labute approximate surface area is 162 Å². The molecule has 0 fully saturated rings. The topological polar surface area (TPSA) is 63.0 Å². The molecule has 27 heavy (non-hydrogen) atoms. The van der Waals surface area contributed by atoms with E-state index in [2.05, 4.69) is 39.7 Å². The molecule has 0 aliphatic heterocycles. The average molecular weight is 376 g/mol. The molecule has 2 aromatic carbocycles. The zero-order valence-electron chi connectivity index (χ0n) is 15.0. The maximum atomic E-state index is 9.39. The van der Waals surface area contributed by atoms with Gasteiger partial charge in [0.05, 0.1) is 6.20 Å². The van der Waals surface area contributed by atoms with Crippen molar-refractivity contribution in [1.29, 1.82) is 0 Å². The van der Waals surface area contributed by atoms with Gasteiger partial charge in [0.2, 0.25) is 0 Å². The van der Waals surface area contributed by atoms with Crippen LogP contribution in [0.1, 0.15) is 10.4 Å². The number of hydrogen-bond donors (Lipinski definition) is 2. The predicted octanol–water partition coefficient (Wildman–Crippen LogP) is 4.21. The molecule has 2 heterocycles. The number of aromatic nitrogens is 3. The molecule has 4 aromatic rings. The van der Waals surface area contributed by atoms with E-state index < -0.39 is 0 Å². The van der Waals surface area contributed by atoms with Crippen molar-refractivity contribution in [2.75, 3.05) is 0 Å². The second-order valence-corrected chi connectivity index (χ2v) is 7.50. The van der Waals surface area contributed by atoms with Crippen LogP contribution >= 0.6 is 11.3 Å². The Bertz CT molecular complexity index is 1020. The van der Waals surface area contributed by atoms with E-state index in [4.69, 9.17) is 0 Å². The van der Waals surface area contributed by atoms with E-state index in [0.717, 1.165) is 34.8 Å². The van der Waals surface area contributed by atoms with Crippen LogP contribution in [0.25, 0.3) is 21.7 Å². The molecule has 0 amide bonds. The molecule has 2 N–H and O–H groups in total. The average Bonchev–Trinajstić information content (AvgIpc) is 3.32. The standard InChI is InChI=1S/C21H20N4OS/c1-25-14-18(11-24-25)21-23-13-20(27-21)12-22-10-15-2-4-16(5-3-15)17-6-8-19(26)9-7-17/h2-9,11,13-14,22,26H,10,12H2,1H3. The summed E-state index contributed by atoms with van der Waals surface area (Å²) in [6.45, 7) is 1.59. The Morgan fingerprint density at radius 1 is 0.926 bits per heavy atom. The van der Waals surface area contributed by atoms with E-state index in [1.165, 1.54) is 10.4 Å². The first-order valence-corrected chi connectivity index (χ1v) is 9.52. The number of phenolic OH excluding ortho intramolecular Hbond substituents is 1. The van der Waals surface area contributed by atoms with Crippen LogP contribution in [0.15, 0.2) is 67.1 Å². The minimum absolute atomic E-state index is 0.286. The Morgan fingerprint density at radius 3 is 2.30 bits per heavy atom. The molecule has 0 spiro atoms. The maximum absolute atomic E-state index is 9.39. The van der Waals surface area contributed by atoms with E-state index in [1.54, 1.807) is 28.2 Å². The predicted molar refractivity (Wildman–Crippen MR) is 108 cm³/mol. The molecule has 0 unspecified atom stereocenters. The quantitative estimate of drug-likeness (QED) is 0.529. The smallest absolute Gasteiger partial charge is 0.126 e. The lowest BCUT2D eigenvalue weighted by Crippen LogP contribution is -2.11. The minimum Gasteiger partial charge on any atom is -0.508 e. The van der Waals surface area contributed by atoms with Crippen molar-refractivity contribution in [2.24, 2.45) is 7.05 Å². The number of aryl methyl sites for hydroxylation is 1. The fourth-order valence-corrected chi connectivity index (χ4v) is 3.71. The summed E-state index contributed by atoms with van der Waals surface area (Å²) in [6, 6.07) is 15.7. The van der Waals surface area contributed by atoms with Crippen LogP contribution in [-0.4, -0.2) is 19.9 Å².